The molecule has 0 heterocycles. The largest absolute Gasteiger partial charge is 0.466 e. The molecule has 0 saturated heterocycles. The predicted molar refractivity (Wildman–Crippen MR) is 87.5 cm³/mol. The molecular formula is C16H29BrO4. The quantitative estimate of drug-likeness (QED) is 0.276. The third kappa shape index (κ3) is 12.8. The molecule has 0 rings (SSSR count). The van der Waals surface area contributed by atoms with Gasteiger partial charge in [0.2, 0.25) is 0 Å². The van der Waals surface area contributed by atoms with Crippen LogP contribution in [0.15, 0.2) is 0 Å². The number of carbonyl (C=O) groups excluding carboxylic acids is 2. The Balaban J connectivity index is 3.68. The van der Waals surface area contributed by atoms with Gasteiger partial charge in [-0.3, -0.25) is 9.59 Å². The lowest BCUT2D eigenvalue weighted by molar-refractivity contribution is -0.153. The molecule has 21 heavy (non-hydrogen) atoms. The fourth-order valence-electron chi connectivity index (χ4n) is 1.89. The molecule has 0 N–H and O–H groups in total. The maximum atomic E-state index is 11.7. The Kier molecular flexibility index (Phi) is 14.0. The molecule has 0 amide bonds. The molecule has 1 atom stereocenters. The minimum atomic E-state index is -0.430. The second-order valence-electron chi connectivity index (χ2n) is 5.21. The first-order valence-corrected chi connectivity index (χ1v) is 9.17. The highest BCUT2D eigenvalue weighted by Gasteiger charge is 2.17. The highest BCUT2D eigenvalue weighted by molar-refractivity contribution is 9.09. The highest BCUT2D eigenvalue weighted by atomic mass is 79.9. The number of hydrogen-bond acceptors (Lipinski definition) is 4. The van der Waals surface area contributed by atoms with Crippen molar-refractivity contribution in [3.05, 3.63) is 0 Å². The van der Waals surface area contributed by atoms with Gasteiger partial charge in [0.05, 0.1) is 13.0 Å². The fourth-order valence-corrected chi connectivity index (χ4v) is 2.25. The standard InChI is InChI=1S/C16H29BrO4/c1-3-5-6-7-8-9-11-20-16(19)12-14(13-17)21-15(18)10-4-2/h14H,3-13H2,1-2H3. The van der Waals surface area contributed by atoms with Gasteiger partial charge in [0, 0.05) is 11.8 Å². The van der Waals surface area contributed by atoms with Crippen LogP contribution in [0.3, 0.4) is 0 Å². The molecule has 124 valence electrons. The summed E-state index contributed by atoms with van der Waals surface area (Å²) in [5, 5.41) is 0.453. The Hall–Kier alpha value is -0.580. The van der Waals surface area contributed by atoms with Gasteiger partial charge in [-0.05, 0) is 12.8 Å². The molecule has 1 unspecified atom stereocenters. The molecule has 0 radical (unpaired) electrons. The summed E-state index contributed by atoms with van der Waals surface area (Å²) in [4.78, 5) is 23.0. The number of hydrogen-bond donors (Lipinski definition) is 0. The van der Waals surface area contributed by atoms with E-state index in [1.165, 1.54) is 25.7 Å². The van der Waals surface area contributed by atoms with Crippen LogP contribution in [0.1, 0.15) is 71.6 Å². The van der Waals surface area contributed by atoms with E-state index in [4.69, 9.17) is 9.47 Å². The summed E-state index contributed by atoms with van der Waals surface area (Å²) in [7, 11) is 0. The zero-order chi connectivity index (χ0) is 15.9. The first-order chi connectivity index (χ1) is 10.1. The zero-order valence-corrected chi connectivity index (χ0v) is 15.0. The van der Waals surface area contributed by atoms with Crippen molar-refractivity contribution in [3.63, 3.8) is 0 Å². The second kappa shape index (κ2) is 14.4. The number of halogens is 1. The third-order valence-electron chi connectivity index (χ3n) is 3.08. The predicted octanol–water partition coefficient (Wildman–Crippen LogP) is 4.39. The molecule has 0 aromatic carbocycles. The Bertz CT molecular complexity index is 281. The van der Waals surface area contributed by atoms with E-state index in [1.54, 1.807) is 0 Å². The number of alkyl halides is 1. The lowest BCUT2D eigenvalue weighted by atomic mass is 10.1. The number of unbranched alkanes of at least 4 members (excludes halogenated alkanes) is 5. The smallest absolute Gasteiger partial charge is 0.309 e. The van der Waals surface area contributed by atoms with Gasteiger partial charge in [-0.15, -0.1) is 0 Å². The van der Waals surface area contributed by atoms with E-state index in [0.717, 1.165) is 19.3 Å². The Morgan fingerprint density at radius 1 is 0.952 bits per heavy atom. The van der Waals surface area contributed by atoms with E-state index in [-0.39, 0.29) is 18.4 Å². The van der Waals surface area contributed by atoms with Crippen molar-refractivity contribution < 1.29 is 19.1 Å². The van der Waals surface area contributed by atoms with E-state index in [0.29, 0.717) is 18.4 Å². The van der Waals surface area contributed by atoms with Gasteiger partial charge in [0.25, 0.3) is 0 Å². The summed E-state index contributed by atoms with van der Waals surface area (Å²) in [6.45, 7) is 4.57. The molecule has 0 aliphatic carbocycles. The average Bonchev–Trinajstić information content (AvgIpc) is 2.45. The summed E-state index contributed by atoms with van der Waals surface area (Å²) >= 11 is 3.26. The van der Waals surface area contributed by atoms with Gasteiger partial charge in [0.15, 0.2) is 0 Å². The van der Waals surface area contributed by atoms with Crippen LogP contribution < -0.4 is 0 Å². The van der Waals surface area contributed by atoms with Gasteiger partial charge in [-0.2, -0.15) is 0 Å². The van der Waals surface area contributed by atoms with Crippen LogP contribution in [0.25, 0.3) is 0 Å². The van der Waals surface area contributed by atoms with Crippen molar-refractivity contribution in [1.82, 2.24) is 0 Å². The number of ether oxygens (including phenoxy) is 2. The summed E-state index contributed by atoms with van der Waals surface area (Å²) in [6, 6.07) is 0. The van der Waals surface area contributed by atoms with Crippen molar-refractivity contribution in [3.8, 4) is 0 Å². The first-order valence-electron chi connectivity index (χ1n) is 8.05. The molecule has 0 saturated carbocycles. The Labute approximate surface area is 137 Å². The summed E-state index contributed by atoms with van der Waals surface area (Å²) in [5.74, 6) is -0.553. The molecule has 0 fully saturated rings. The molecule has 0 spiro atoms. The molecule has 0 bridgehead atoms. The van der Waals surface area contributed by atoms with Gasteiger partial charge >= 0.3 is 11.9 Å². The maximum absolute atomic E-state index is 11.7. The maximum Gasteiger partial charge on any atom is 0.309 e. The van der Waals surface area contributed by atoms with Crippen molar-refractivity contribution in [2.45, 2.75) is 77.7 Å². The Morgan fingerprint density at radius 2 is 1.62 bits per heavy atom. The van der Waals surface area contributed by atoms with Gasteiger partial charge in [-0.25, -0.2) is 0 Å². The molecule has 0 aromatic rings. The summed E-state index contributed by atoms with van der Waals surface area (Å²) in [5.41, 5.74) is 0. The van der Waals surface area contributed by atoms with E-state index in [2.05, 4.69) is 22.9 Å². The molecular weight excluding hydrogens is 336 g/mol. The lowest BCUT2D eigenvalue weighted by Crippen LogP contribution is -2.24. The van der Waals surface area contributed by atoms with Crippen LogP contribution in [0.2, 0.25) is 0 Å². The molecule has 4 nitrogen and oxygen atoms in total. The van der Waals surface area contributed by atoms with Crippen LogP contribution in [-0.4, -0.2) is 30.0 Å². The summed E-state index contributed by atoms with van der Waals surface area (Å²) in [6.07, 6.45) is 7.79. The van der Waals surface area contributed by atoms with Gasteiger partial charge in [-0.1, -0.05) is 61.9 Å². The van der Waals surface area contributed by atoms with E-state index >= 15 is 0 Å². The molecule has 0 aromatic heterocycles. The fraction of sp³-hybridized carbons (Fsp3) is 0.875. The van der Waals surface area contributed by atoms with Crippen molar-refractivity contribution in [1.29, 1.82) is 0 Å². The third-order valence-corrected chi connectivity index (χ3v) is 3.80. The van der Waals surface area contributed by atoms with E-state index in [1.807, 2.05) is 6.92 Å². The SMILES string of the molecule is CCCCCCCCOC(=O)CC(CBr)OC(=O)CCC. The van der Waals surface area contributed by atoms with Gasteiger partial charge < -0.3 is 9.47 Å². The normalized spacial score (nSPS) is 12.0. The topological polar surface area (TPSA) is 52.6 Å². The minimum Gasteiger partial charge on any atom is -0.466 e. The van der Waals surface area contributed by atoms with Crippen molar-refractivity contribution in [2.24, 2.45) is 0 Å². The van der Waals surface area contributed by atoms with Crippen LogP contribution >= 0.6 is 15.9 Å². The average molecular weight is 365 g/mol. The Morgan fingerprint density at radius 3 is 2.24 bits per heavy atom. The second-order valence-corrected chi connectivity index (χ2v) is 5.86. The van der Waals surface area contributed by atoms with Crippen LogP contribution in [-0.2, 0) is 19.1 Å². The number of esters is 2. The number of rotatable bonds is 13. The molecule has 0 aliphatic rings. The summed E-state index contributed by atoms with van der Waals surface area (Å²) < 4.78 is 10.4. The van der Waals surface area contributed by atoms with Crippen LogP contribution in [0.4, 0.5) is 0 Å². The first kappa shape index (κ1) is 20.4. The lowest BCUT2D eigenvalue weighted by Gasteiger charge is -2.14. The highest BCUT2D eigenvalue weighted by Crippen LogP contribution is 2.08. The number of carbonyl (C=O) groups is 2. The monoisotopic (exact) mass is 364 g/mol. The van der Waals surface area contributed by atoms with Crippen molar-refractivity contribution in [2.75, 3.05) is 11.9 Å². The van der Waals surface area contributed by atoms with Gasteiger partial charge in [0.1, 0.15) is 6.10 Å². The minimum absolute atomic E-state index is 0.122. The van der Waals surface area contributed by atoms with E-state index < -0.39 is 6.10 Å². The molecule has 0 aliphatic heterocycles. The zero-order valence-electron chi connectivity index (χ0n) is 13.4. The van der Waals surface area contributed by atoms with Crippen LogP contribution in [0.5, 0.6) is 0 Å². The molecule has 5 heteroatoms. The van der Waals surface area contributed by atoms with Crippen LogP contribution in [0, 0.1) is 0 Å². The van der Waals surface area contributed by atoms with Crippen molar-refractivity contribution >= 4 is 27.9 Å². The van der Waals surface area contributed by atoms with E-state index in [9.17, 15) is 9.59 Å².